The van der Waals surface area contributed by atoms with Gasteiger partial charge in [-0.3, -0.25) is 0 Å². The molecule has 0 aliphatic carbocycles. The van der Waals surface area contributed by atoms with E-state index in [4.69, 9.17) is 9.47 Å². The summed E-state index contributed by atoms with van der Waals surface area (Å²) in [7, 11) is 0. The van der Waals surface area contributed by atoms with Crippen molar-refractivity contribution in [2.45, 2.75) is 33.1 Å². The van der Waals surface area contributed by atoms with E-state index in [1.165, 1.54) is 5.01 Å². The normalized spacial score (nSPS) is 8.87. The van der Waals surface area contributed by atoms with Gasteiger partial charge in [0.25, 0.3) is 0 Å². The van der Waals surface area contributed by atoms with Gasteiger partial charge in [0.05, 0.1) is 19.8 Å². The molecule has 0 rings (SSSR count). The van der Waals surface area contributed by atoms with Gasteiger partial charge in [-0.2, -0.15) is 0 Å². The van der Waals surface area contributed by atoms with Crippen molar-refractivity contribution in [1.82, 2.24) is 10.0 Å². The van der Waals surface area contributed by atoms with Crippen molar-refractivity contribution in [3.8, 4) is 19.7 Å². The number of nitrogens with zero attached hydrogens (tertiary/aromatic N) is 2. The van der Waals surface area contributed by atoms with Gasteiger partial charge in [-0.05, 0) is 20.7 Å². The lowest BCUT2D eigenvalue weighted by Gasteiger charge is -2.31. The minimum absolute atomic E-state index is 0.0460. The predicted molar refractivity (Wildman–Crippen MR) is 105 cm³/mol. The Morgan fingerprint density at radius 1 is 0.913 bits per heavy atom. The Labute approximate surface area is 164 Å². The van der Waals surface area contributed by atoms with Crippen LogP contribution in [0, 0.1) is 19.7 Å². The Bertz CT molecular complexity index is 491. The number of hydrogen-bond donors (Lipinski definition) is 0. The first-order chi connectivity index (χ1) is 11.1. The smallest absolute Gasteiger partial charge is 0.429 e. The van der Waals surface area contributed by atoms with Crippen LogP contribution < -0.4 is 0 Å². The van der Waals surface area contributed by atoms with Gasteiger partial charge in [-0.1, -0.05) is 25.7 Å². The first-order valence-electron chi connectivity index (χ1n) is 7.17. The molecule has 0 spiro atoms. The lowest BCUT2D eigenvalue weighted by molar-refractivity contribution is -0.0139. The summed E-state index contributed by atoms with van der Waals surface area (Å²) in [5.74, 6) is 5.62. The molecule has 23 heavy (non-hydrogen) atoms. The van der Waals surface area contributed by atoms with Crippen molar-refractivity contribution >= 4 is 57.4 Å². The number of amides is 2. The average molecular weight is 546 g/mol. The number of hydrazine groups is 1. The zero-order valence-electron chi connectivity index (χ0n) is 13.2. The van der Waals surface area contributed by atoms with Gasteiger partial charge < -0.3 is 9.47 Å². The monoisotopic (exact) mass is 546 g/mol. The molecule has 0 bridgehead atoms. The molecule has 128 valence electrons. The van der Waals surface area contributed by atoms with Crippen LogP contribution in [0.3, 0.4) is 0 Å². The van der Waals surface area contributed by atoms with Crippen LogP contribution >= 0.6 is 45.2 Å². The molecule has 0 saturated carbocycles. The summed E-state index contributed by atoms with van der Waals surface area (Å²) < 4.78 is 15.7. The van der Waals surface area contributed by atoms with E-state index < -0.39 is 12.2 Å². The molecule has 8 heteroatoms. The quantitative estimate of drug-likeness (QED) is 0.277. The summed E-state index contributed by atoms with van der Waals surface area (Å²) in [5.41, 5.74) is 0. The molecule has 0 radical (unpaired) electrons. The number of hydrogen-bond acceptors (Lipinski definition) is 4. The van der Waals surface area contributed by atoms with E-state index in [0.29, 0.717) is 19.3 Å². The van der Waals surface area contributed by atoms with Crippen molar-refractivity contribution < 1.29 is 19.1 Å². The molecule has 0 unspecified atom stereocenters. The molecule has 0 heterocycles. The molecule has 0 saturated heterocycles. The highest BCUT2D eigenvalue weighted by molar-refractivity contribution is 14.1. The van der Waals surface area contributed by atoms with Crippen LogP contribution in [0.2, 0.25) is 0 Å². The maximum Gasteiger partial charge on any atom is 0.429 e. The predicted octanol–water partition coefficient (Wildman–Crippen LogP) is 3.78. The van der Waals surface area contributed by atoms with Gasteiger partial charge >= 0.3 is 12.2 Å². The molecule has 0 fully saturated rings. The first kappa shape index (κ1) is 22.1. The van der Waals surface area contributed by atoms with Crippen LogP contribution in [0.25, 0.3) is 0 Å². The minimum atomic E-state index is -0.623. The number of ether oxygens (including phenoxy) is 2. The van der Waals surface area contributed by atoms with Crippen molar-refractivity contribution in [3.05, 3.63) is 0 Å². The van der Waals surface area contributed by atoms with Crippen LogP contribution in [-0.4, -0.2) is 48.5 Å². The van der Waals surface area contributed by atoms with E-state index >= 15 is 0 Å². The maximum atomic E-state index is 12.2. The number of carbonyl (C=O) groups excluding carboxylic acids is 2. The van der Waals surface area contributed by atoms with Gasteiger partial charge in [0.1, 0.15) is 6.54 Å². The molecule has 2 amide bonds. The topological polar surface area (TPSA) is 59.1 Å². The maximum absolute atomic E-state index is 12.2. The fourth-order valence-corrected chi connectivity index (χ4v) is 1.84. The Morgan fingerprint density at radius 2 is 1.43 bits per heavy atom. The van der Waals surface area contributed by atoms with E-state index in [1.54, 1.807) is 0 Å². The summed E-state index contributed by atoms with van der Waals surface area (Å²) in [4.78, 5) is 24.4. The fourth-order valence-electron chi connectivity index (χ4n) is 1.40. The summed E-state index contributed by atoms with van der Waals surface area (Å²) in [5, 5.41) is 2.36. The standard InChI is InChI=1S/C15H20I2N2O4/c1-3-12-22-14(20)18(10-6-5-8-16)19(11-7-9-17)15(21)23-13-4-2/h3-4,6,10-13H2,1-2H3. The van der Waals surface area contributed by atoms with Gasteiger partial charge in [-0.25, -0.2) is 19.6 Å². The number of rotatable bonds is 7. The molecular weight excluding hydrogens is 526 g/mol. The third kappa shape index (κ3) is 9.76. The highest BCUT2D eigenvalue weighted by Crippen LogP contribution is 2.07. The largest absolute Gasteiger partial charge is 0.448 e. The Balaban J connectivity index is 5.19. The van der Waals surface area contributed by atoms with Gasteiger partial charge in [0, 0.05) is 51.6 Å². The van der Waals surface area contributed by atoms with Gasteiger partial charge in [-0.15, -0.1) is 0 Å². The second-order valence-electron chi connectivity index (χ2n) is 4.20. The fraction of sp³-hybridized carbons (Fsp3) is 0.600. The third-order valence-electron chi connectivity index (χ3n) is 2.38. The molecule has 0 atom stereocenters. The molecule has 6 nitrogen and oxygen atoms in total. The number of carbonyl (C=O) groups is 2. The van der Waals surface area contributed by atoms with E-state index in [0.717, 1.165) is 5.01 Å². The van der Waals surface area contributed by atoms with E-state index in [2.05, 4.69) is 19.7 Å². The lowest BCUT2D eigenvalue weighted by Crippen LogP contribution is -2.50. The summed E-state index contributed by atoms with van der Waals surface area (Å²) >= 11 is 3.79. The van der Waals surface area contributed by atoms with Crippen LogP contribution in [0.5, 0.6) is 0 Å². The van der Waals surface area contributed by atoms with Crippen molar-refractivity contribution in [2.75, 3.05) is 26.3 Å². The SMILES string of the molecule is CCCOC(=O)N(CC#CI)N(CCC#CI)C(=O)OCCC. The van der Waals surface area contributed by atoms with Crippen LogP contribution in [0.1, 0.15) is 33.1 Å². The Kier molecular flexibility index (Phi) is 14.1. The Hall–Kier alpha value is -0.880. The molecule has 0 aromatic rings. The van der Waals surface area contributed by atoms with E-state index in [1.807, 2.05) is 59.0 Å². The molecule has 0 aliphatic rings. The van der Waals surface area contributed by atoms with Crippen molar-refractivity contribution in [1.29, 1.82) is 0 Å². The summed E-state index contributed by atoms with van der Waals surface area (Å²) in [6, 6.07) is 0. The first-order valence-corrected chi connectivity index (χ1v) is 9.33. The van der Waals surface area contributed by atoms with Crippen LogP contribution in [-0.2, 0) is 9.47 Å². The average Bonchev–Trinajstić information content (AvgIpc) is 2.56. The highest BCUT2D eigenvalue weighted by Gasteiger charge is 2.27. The molecular formula is C15H20I2N2O4. The number of halogens is 2. The van der Waals surface area contributed by atoms with Gasteiger partial charge in [0.15, 0.2) is 0 Å². The van der Waals surface area contributed by atoms with E-state index in [-0.39, 0.29) is 26.3 Å². The van der Waals surface area contributed by atoms with Crippen molar-refractivity contribution in [2.24, 2.45) is 0 Å². The third-order valence-corrected chi connectivity index (χ3v) is 3.15. The molecule has 0 N–H and O–H groups in total. The van der Waals surface area contributed by atoms with E-state index in [9.17, 15) is 9.59 Å². The minimum Gasteiger partial charge on any atom is -0.448 e. The highest BCUT2D eigenvalue weighted by atomic mass is 127. The van der Waals surface area contributed by atoms with Gasteiger partial charge in [0.2, 0.25) is 0 Å². The zero-order valence-corrected chi connectivity index (χ0v) is 17.5. The molecule has 0 aromatic carbocycles. The van der Waals surface area contributed by atoms with Crippen LogP contribution in [0.4, 0.5) is 9.59 Å². The second kappa shape index (κ2) is 14.7. The second-order valence-corrected chi connectivity index (χ2v) is 5.28. The summed E-state index contributed by atoms with van der Waals surface area (Å²) in [6.45, 7) is 4.62. The lowest BCUT2D eigenvalue weighted by atomic mass is 10.4. The van der Waals surface area contributed by atoms with Crippen LogP contribution in [0.15, 0.2) is 0 Å². The Morgan fingerprint density at radius 3 is 1.91 bits per heavy atom. The zero-order chi connectivity index (χ0) is 17.5. The van der Waals surface area contributed by atoms with Crippen molar-refractivity contribution in [3.63, 3.8) is 0 Å². The summed E-state index contributed by atoms with van der Waals surface area (Å²) in [6.07, 6.45) is 0.575. The molecule has 0 aromatic heterocycles. The molecule has 0 aliphatic heterocycles.